The van der Waals surface area contributed by atoms with Crippen LogP contribution in [0.2, 0.25) is 0 Å². The zero-order valence-corrected chi connectivity index (χ0v) is 20.7. The van der Waals surface area contributed by atoms with Crippen LogP contribution in [-0.2, 0) is 14.1 Å². The van der Waals surface area contributed by atoms with Crippen LogP contribution in [0.15, 0.2) is 59.5 Å². The number of nitrogens with zero attached hydrogens (tertiary/aromatic N) is 4. The van der Waals surface area contributed by atoms with Crippen molar-refractivity contribution in [2.75, 3.05) is 0 Å². The van der Waals surface area contributed by atoms with Crippen molar-refractivity contribution in [1.82, 2.24) is 18.9 Å². The summed E-state index contributed by atoms with van der Waals surface area (Å²) >= 11 is 0. The molecule has 3 heterocycles. The van der Waals surface area contributed by atoms with Crippen LogP contribution in [-0.4, -0.2) is 24.8 Å². The first-order valence-electron chi connectivity index (χ1n) is 11.5. The SMILES string of the molecule is Cc1cn(C(=O)C(C)(C)C)nc1-c1ccc2c(c1)c1cc(-c3ccc(F)cc3)c(=O)n(C)c1n2C. The van der Waals surface area contributed by atoms with Gasteiger partial charge in [-0.25, -0.2) is 9.07 Å². The van der Waals surface area contributed by atoms with Crippen molar-refractivity contribution in [1.29, 1.82) is 0 Å². The van der Waals surface area contributed by atoms with E-state index in [4.69, 9.17) is 0 Å². The average molecular weight is 471 g/mol. The van der Waals surface area contributed by atoms with E-state index in [2.05, 4.69) is 11.2 Å². The summed E-state index contributed by atoms with van der Waals surface area (Å²) in [5.74, 6) is -0.418. The number of carbonyl (C=O) groups excluding carboxylic acids is 1. The Labute approximate surface area is 202 Å². The van der Waals surface area contributed by atoms with E-state index in [1.165, 1.54) is 16.8 Å². The van der Waals surface area contributed by atoms with Crippen LogP contribution in [0.25, 0.3) is 44.3 Å². The van der Waals surface area contributed by atoms with Crippen LogP contribution >= 0.6 is 0 Å². The van der Waals surface area contributed by atoms with Crippen molar-refractivity contribution in [2.45, 2.75) is 27.7 Å². The summed E-state index contributed by atoms with van der Waals surface area (Å²) in [6.07, 6.45) is 1.77. The number of hydrogen-bond donors (Lipinski definition) is 0. The predicted octanol–water partition coefficient (Wildman–Crippen LogP) is 5.69. The molecule has 2 aromatic carbocycles. The van der Waals surface area contributed by atoms with Crippen molar-refractivity contribution in [2.24, 2.45) is 19.5 Å². The summed E-state index contributed by atoms with van der Waals surface area (Å²) in [4.78, 5) is 25.9. The summed E-state index contributed by atoms with van der Waals surface area (Å²) in [6, 6.07) is 13.9. The summed E-state index contributed by atoms with van der Waals surface area (Å²) in [7, 11) is 3.69. The molecule has 178 valence electrons. The molecule has 0 radical (unpaired) electrons. The van der Waals surface area contributed by atoms with Crippen LogP contribution in [0.5, 0.6) is 0 Å². The molecule has 6 nitrogen and oxygen atoms in total. The molecule has 0 aliphatic rings. The highest BCUT2D eigenvalue weighted by atomic mass is 19.1. The molecule has 0 unspecified atom stereocenters. The lowest BCUT2D eigenvalue weighted by Gasteiger charge is -2.15. The van der Waals surface area contributed by atoms with E-state index in [0.717, 1.165) is 38.8 Å². The summed E-state index contributed by atoms with van der Waals surface area (Å²) in [5.41, 5.74) is 4.77. The molecule has 0 amide bonds. The molecular formula is C28H27FN4O2. The third-order valence-corrected chi connectivity index (χ3v) is 6.52. The quantitative estimate of drug-likeness (QED) is 0.333. The topological polar surface area (TPSA) is 61.8 Å². The average Bonchev–Trinajstić information content (AvgIpc) is 3.33. The standard InChI is InChI=1S/C28H27FN4O2/c1-16-15-33(27(35)28(2,3)4)30-24(16)18-9-12-23-21(13-18)22-14-20(17-7-10-19(29)11-8-17)26(34)32(6)25(22)31(23)5/h7-15H,1-6H3. The fourth-order valence-corrected chi connectivity index (χ4v) is 4.67. The van der Waals surface area contributed by atoms with E-state index < -0.39 is 5.41 Å². The molecule has 5 rings (SSSR count). The lowest BCUT2D eigenvalue weighted by atomic mass is 9.96. The smallest absolute Gasteiger partial charge is 0.259 e. The molecular weight excluding hydrogens is 443 g/mol. The highest BCUT2D eigenvalue weighted by molar-refractivity contribution is 6.09. The molecule has 0 N–H and O–H groups in total. The van der Waals surface area contributed by atoms with Crippen molar-refractivity contribution < 1.29 is 9.18 Å². The number of aryl methyl sites for hydroxylation is 3. The maximum atomic E-state index is 13.5. The first-order chi connectivity index (χ1) is 16.5. The highest BCUT2D eigenvalue weighted by Crippen LogP contribution is 2.34. The van der Waals surface area contributed by atoms with E-state index in [-0.39, 0.29) is 17.3 Å². The molecule has 0 saturated heterocycles. The van der Waals surface area contributed by atoms with Gasteiger partial charge in [0.2, 0.25) is 0 Å². The number of carbonyl (C=O) groups is 1. The monoisotopic (exact) mass is 470 g/mol. The Hall–Kier alpha value is -4.00. The molecule has 0 atom stereocenters. The minimum Gasteiger partial charge on any atom is -0.330 e. The lowest BCUT2D eigenvalue weighted by molar-refractivity contribution is 0.0749. The van der Waals surface area contributed by atoms with Gasteiger partial charge in [0.25, 0.3) is 11.5 Å². The van der Waals surface area contributed by atoms with Gasteiger partial charge in [0.05, 0.1) is 11.2 Å². The predicted molar refractivity (Wildman–Crippen MR) is 137 cm³/mol. The third-order valence-electron chi connectivity index (χ3n) is 6.52. The Morgan fingerprint density at radius 3 is 2.23 bits per heavy atom. The van der Waals surface area contributed by atoms with E-state index in [1.54, 1.807) is 29.9 Å². The first-order valence-corrected chi connectivity index (χ1v) is 11.5. The highest BCUT2D eigenvalue weighted by Gasteiger charge is 2.25. The Morgan fingerprint density at radius 2 is 1.57 bits per heavy atom. The number of aromatic nitrogens is 4. The lowest BCUT2D eigenvalue weighted by Crippen LogP contribution is -2.27. The number of halogens is 1. The Bertz CT molecular complexity index is 1700. The Balaban J connectivity index is 1.74. The van der Waals surface area contributed by atoms with Gasteiger partial charge < -0.3 is 4.57 Å². The second-order valence-corrected chi connectivity index (χ2v) is 10.1. The van der Waals surface area contributed by atoms with E-state index >= 15 is 0 Å². The molecule has 0 aliphatic carbocycles. The van der Waals surface area contributed by atoms with E-state index in [0.29, 0.717) is 11.1 Å². The van der Waals surface area contributed by atoms with Gasteiger partial charge in [0, 0.05) is 47.6 Å². The normalized spacial score (nSPS) is 12.1. The van der Waals surface area contributed by atoms with Gasteiger partial charge >= 0.3 is 0 Å². The second-order valence-electron chi connectivity index (χ2n) is 10.1. The molecule has 0 bridgehead atoms. The summed E-state index contributed by atoms with van der Waals surface area (Å²) < 4.78 is 18.5. The van der Waals surface area contributed by atoms with Gasteiger partial charge in [0.1, 0.15) is 11.5 Å². The number of fused-ring (bicyclic) bond motifs is 3. The minimum atomic E-state index is -0.545. The maximum absolute atomic E-state index is 13.5. The minimum absolute atomic E-state index is 0.0722. The second kappa shape index (κ2) is 7.77. The van der Waals surface area contributed by atoms with Crippen LogP contribution in [0.1, 0.15) is 31.1 Å². The van der Waals surface area contributed by atoms with Crippen molar-refractivity contribution >= 4 is 27.8 Å². The van der Waals surface area contributed by atoms with Crippen molar-refractivity contribution in [3.05, 3.63) is 76.5 Å². The molecule has 0 saturated carbocycles. The first kappa shape index (κ1) is 22.8. The van der Waals surface area contributed by atoms with Gasteiger partial charge in [0.15, 0.2) is 0 Å². The molecule has 0 spiro atoms. The Kier molecular flexibility index (Phi) is 5.05. The van der Waals surface area contributed by atoms with Gasteiger partial charge in [-0.05, 0) is 48.4 Å². The molecule has 7 heteroatoms. The maximum Gasteiger partial charge on any atom is 0.259 e. The van der Waals surface area contributed by atoms with Crippen LogP contribution in [0.4, 0.5) is 4.39 Å². The zero-order valence-electron chi connectivity index (χ0n) is 20.7. The fourth-order valence-electron chi connectivity index (χ4n) is 4.67. The summed E-state index contributed by atoms with van der Waals surface area (Å²) in [6.45, 7) is 7.56. The third kappa shape index (κ3) is 3.58. The Morgan fingerprint density at radius 1 is 0.914 bits per heavy atom. The van der Waals surface area contributed by atoms with Gasteiger partial charge in [-0.3, -0.25) is 14.2 Å². The number of pyridine rings is 1. The molecule has 0 aliphatic heterocycles. The van der Waals surface area contributed by atoms with Crippen LogP contribution < -0.4 is 5.56 Å². The largest absolute Gasteiger partial charge is 0.330 e. The zero-order chi connectivity index (χ0) is 25.2. The fraction of sp³-hybridized carbons (Fsp3) is 0.250. The summed E-state index contributed by atoms with van der Waals surface area (Å²) in [5, 5.41) is 6.49. The van der Waals surface area contributed by atoms with Crippen molar-refractivity contribution in [3.63, 3.8) is 0 Å². The number of hydrogen-bond acceptors (Lipinski definition) is 3. The van der Waals surface area contributed by atoms with E-state index in [1.807, 2.05) is 57.5 Å². The van der Waals surface area contributed by atoms with E-state index in [9.17, 15) is 14.0 Å². The molecule has 35 heavy (non-hydrogen) atoms. The van der Waals surface area contributed by atoms with Gasteiger partial charge in [-0.2, -0.15) is 5.10 Å². The van der Waals surface area contributed by atoms with Gasteiger partial charge in [-0.1, -0.05) is 39.0 Å². The number of rotatable bonds is 2. The molecule has 5 aromatic rings. The number of benzene rings is 2. The molecule has 3 aromatic heterocycles. The van der Waals surface area contributed by atoms with Gasteiger partial charge in [-0.15, -0.1) is 0 Å². The van der Waals surface area contributed by atoms with Crippen LogP contribution in [0.3, 0.4) is 0 Å². The van der Waals surface area contributed by atoms with Crippen LogP contribution in [0, 0.1) is 18.2 Å². The van der Waals surface area contributed by atoms with Crippen molar-refractivity contribution in [3.8, 4) is 22.4 Å². The molecule has 0 fully saturated rings.